The lowest BCUT2D eigenvalue weighted by Crippen LogP contribution is -2.40. The van der Waals surface area contributed by atoms with E-state index < -0.39 is 14.2 Å². The van der Waals surface area contributed by atoms with Crippen LogP contribution in [0.5, 0.6) is 0 Å². The summed E-state index contributed by atoms with van der Waals surface area (Å²) in [4.78, 5) is 3.99. The maximum Gasteiger partial charge on any atom is 0.477 e. The summed E-state index contributed by atoms with van der Waals surface area (Å²) < 4.78 is 27.4. The van der Waals surface area contributed by atoms with E-state index in [1.165, 1.54) is 33.5 Å². The van der Waals surface area contributed by atoms with Gasteiger partial charge in [-0.05, 0) is 13.3 Å². The smallest absolute Gasteiger partial charge is 0.334 e. The third kappa shape index (κ3) is 4.77. The molecule has 0 aromatic carbocycles. The van der Waals surface area contributed by atoms with Gasteiger partial charge in [-0.3, -0.25) is 9.05 Å². The predicted molar refractivity (Wildman–Crippen MR) is 78.9 cm³/mol. The van der Waals surface area contributed by atoms with Gasteiger partial charge in [-0.2, -0.15) is 0 Å². The highest BCUT2D eigenvalue weighted by atomic mass is 31.2. The van der Waals surface area contributed by atoms with Crippen LogP contribution in [0.1, 0.15) is 39.5 Å². The van der Waals surface area contributed by atoms with Gasteiger partial charge < -0.3 is 9.80 Å². The zero-order valence-corrected chi connectivity index (χ0v) is 13.8. The lowest BCUT2D eigenvalue weighted by Gasteiger charge is -2.32. The molecule has 0 aromatic heterocycles. The highest BCUT2D eigenvalue weighted by Gasteiger charge is 2.35. The minimum absolute atomic E-state index is 0.424. The number of nitrogens with zero attached hydrogens (tertiary/aromatic N) is 2. The van der Waals surface area contributed by atoms with E-state index in [2.05, 4.69) is 6.92 Å². The summed E-state index contributed by atoms with van der Waals surface area (Å²) in [6.45, 7) is 5.84. The molecule has 0 spiro atoms. The lowest BCUT2D eigenvalue weighted by molar-refractivity contribution is -0.0479. The molecule has 7 heteroatoms. The lowest BCUT2D eigenvalue weighted by atomic mass is 10.2. The second kappa shape index (κ2) is 8.67. The van der Waals surface area contributed by atoms with Crippen LogP contribution in [0.15, 0.2) is 12.4 Å². The summed E-state index contributed by atoms with van der Waals surface area (Å²) in [5.41, 5.74) is 0. The molecule has 1 heterocycles. The average molecular weight is 306 g/mol. The van der Waals surface area contributed by atoms with Crippen molar-refractivity contribution in [1.82, 2.24) is 9.80 Å². The summed E-state index contributed by atoms with van der Waals surface area (Å²) >= 11 is 0. The van der Waals surface area contributed by atoms with Crippen LogP contribution in [0.4, 0.5) is 0 Å². The molecule has 20 heavy (non-hydrogen) atoms. The number of unbranched alkanes of at least 4 members (excludes halogenated alkanes) is 3. The van der Waals surface area contributed by atoms with Gasteiger partial charge in [0.2, 0.25) is 6.35 Å². The van der Waals surface area contributed by atoms with Gasteiger partial charge in [-0.1, -0.05) is 26.2 Å². The SMILES string of the molecule is CCCCCCN1C=CN(CC)C1OP(=O)(OC)OC. The van der Waals surface area contributed by atoms with Gasteiger partial charge in [0.1, 0.15) is 0 Å². The summed E-state index contributed by atoms with van der Waals surface area (Å²) in [6.07, 6.45) is 8.20. The van der Waals surface area contributed by atoms with Crippen molar-refractivity contribution in [3.63, 3.8) is 0 Å². The first-order valence-corrected chi connectivity index (χ1v) is 8.66. The van der Waals surface area contributed by atoms with E-state index in [1.807, 2.05) is 29.1 Å². The Morgan fingerprint density at radius 2 is 1.70 bits per heavy atom. The molecule has 0 aromatic rings. The predicted octanol–water partition coefficient (Wildman–Crippen LogP) is 3.38. The van der Waals surface area contributed by atoms with Crippen molar-refractivity contribution in [2.45, 2.75) is 45.9 Å². The molecular weight excluding hydrogens is 279 g/mol. The number of hydrogen-bond acceptors (Lipinski definition) is 6. The number of phosphoric ester groups is 1. The van der Waals surface area contributed by atoms with E-state index in [0.717, 1.165) is 19.5 Å². The molecule has 1 unspecified atom stereocenters. The molecule has 118 valence electrons. The van der Waals surface area contributed by atoms with Crippen molar-refractivity contribution in [2.75, 3.05) is 27.3 Å². The highest BCUT2D eigenvalue weighted by Crippen LogP contribution is 2.50. The van der Waals surface area contributed by atoms with Crippen molar-refractivity contribution in [3.05, 3.63) is 12.4 Å². The van der Waals surface area contributed by atoms with Crippen molar-refractivity contribution in [3.8, 4) is 0 Å². The van der Waals surface area contributed by atoms with Gasteiger partial charge in [-0.25, -0.2) is 9.09 Å². The molecule has 0 radical (unpaired) electrons. The van der Waals surface area contributed by atoms with Crippen LogP contribution in [0.25, 0.3) is 0 Å². The Hall–Kier alpha value is -0.550. The Bertz CT molecular complexity index is 343. The van der Waals surface area contributed by atoms with Crippen molar-refractivity contribution >= 4 is 7.82 Å². The molecule has 0 fully saturated rings. The Labute approximate surface area is 122 Å². The zero-order valence-electron chi connectivity index (χ0n) is 12.9. The maximum atomic E-state index is 12.1. The monoisotopic (exact) mass is 306 g/mol. The topological polar surface area (TPSA) is 51.2 Å². The Kier molecular flexibility index (Phi) is 7.59. The van der Waals surface area contributed by atoms with Gasteiger partial charge in [0, 0.05) is 39.7 Å². The van der Waals surface area contributed by atoms with E-state index in [0.29, 0.717) is 0 Å². The number of rotatable bonds is 10. The van der Waals surface area contributed by atoms with E-state index >= 15 is 0 Å². The first-order valence-electron chi connectivity index (χ1n) is 7.20. The van der Waals surface area contributed by atoms with Crippen LogP contribution < -0.4 is 0 Å². The van der Waals surface area contributed by atoms with Crippen molar-refractivity contribution in [1.29, 1.82) is 0 Å². The molecule has 0 N–H and O–H groups in total. The minimum Gasteiger partial charge on any atom is -0.334 e. The third-order valence-corrected chi connectivity index (χ3v) is 4.66. The first kappa shape index (κ1) is 17.5. The van der Waals surface area contributed by atoms with Crippen LogP contribution in [-0.2, 0) is 18.1 Å². The van der Waals surface area contributed by atoms with E-state index in [1.54, 1.807) is 0 Å². The normalized spacial score (nSPS) is 19.1. The standard InChI is InChI=1S/C13H27N2O4P/c1-5-7-8-9-10-15-12-11-14(6-2)13(15)19-20(16,17-3)18-4/h11-13H,5-10H2,1-4H3. The van der Waals surface area contributed by atoms with Crippen molar-refractivity contribution < 1.29 is 18.1 Å². The molecular formula is C13H27N2O4P. The molecule has 1 rings (SSSR count). The van der Waals surface area contributed by atoms with E-state index in [9.17, 15) is 4.57 Å². The minimum atomic E-state index is -3.49. The molecule has 0 bridgehead atoms. The summed E-state index contributed by atoms with van der Waals surface area (Å²) in [6, 6.07) is 0. The van der Waals surface area contributed by atoms with Crippen LogP contribution in [-0.4, -0.2) is 43.5 Å². The molecule has 6 nitrogen and oxygen atoms in total. The fourth-order valence-electron chi connectivity index (χ4n) is 2.07. The highest BCUT2D eigenvalue weighted by molar-refractivity contribution is 7.48. The summed E-state index contributed by atoms with van der Waals surface area (Å²) in [7, 11) is -0.831. The van der Waals surface area contributed by atoms with Crippen LogP contribution in [0.3, 0.4) is 0 Å². The summed E-state index contributed by atoms with van der Waals surface area (Å²) in [5.74, 6) is 0. The molecule has 1 aliphatic rings. The fourth-order valence-corrected chi connectivity index (χ4v) is 2.87. The maximum absolute atomic E-state index is 12.1. The summed E-state index contributed by atoms with van der Waals surface area (Å²) in [5, 5.41) is 0. The van der Waals surface area contributed by atoms with Gasteiger partial charge in [-0.15, -0.1) is 0 Å². The van der Waals surface area contributed by atoms with Gasteiger partial charge in [0.05, 0.1) is 0 Å². The fraction of sp³-hybridized carbons (Fsp3) is 0.846. The molecule has 0 saturated carbocycles. The second-order valence-corrected chi connectivity index (χ2v) is 6.51. The number of hydrogen-bond donors (Lipinski definition) is 0. The zero-order chi connectivity index (χ0) is 15.0. The molecule has 0 saturated heterocycles. The van der Waals surface area contributed by atoms with Crippen LogP contribution in [0, 0.1) is 0 Å². The molecule has 1 aliphatic heterocycles. The molecule has 0 aliphatic carbocycles. The second-order valence-electron chi connectivity index (χ2n) is 4.67. The Morgan fingerprint density at radius 1 is 1.05 bits per heavy atom. The molecule has 0 amide bonds. The van der Waals surface area contributed by atoms with Crippen LogP contribution in [0.2, 0.25) is 0 Å². The van der Waals surface area contributed by atoms with Gasteiger partial charge in [0.15, 0.2) is 0 Å². The largest absolute Gasteiger partial charge is 0.477 e. The Balaban J connectivity index is 2.59. The van der Waals surface area contributed by atoms with E-state index in [-0.39, 0.29) is 0 Å². The van der Waals surface area contributed by atoms with Gasteiger partial charge in [0.25, 0.3) is 0 Å². The first-order chi connectivity index (χ1) is 9.60. The van der Waals surface area contributed by atoms with E-state index in [4.69, 9.17) is 13.6 Å². The number of phosphoric acid groups is 1. The average Bonchev–Trinajstić information content (AvgIpc) is 2.85. The Morgan fingerprint density at radius 3 is 2.25 bits per heavy atom. The third-order valence-electron chi connectivity index (χ3n) is 3.32. The van der Waals surface area contributed by atoms with Crippen molar-refractivity contribution in [2.24, 2.45) is 0 Å². The van der Waals surface area contributed by atoms with Gasteiger partial charge >= 0.3 is 7.82 Å². The van der Waals surface area contributed by atoms with Crippen LogP contribution >= 0.6 is 7.82 Å². The molecule has 1 atom stereocenters. The quantitative estimate of drug-likeness (QED) is 0.455.